The van der Waals surface area contributed by atoms with Crippen molar-refractivity contribution in [3.05, 3.63) is 15.9 Å². The zero-order valence-corrected chi connectivity index (χ0v) is 11.7. The molecule has 0 amide bonds. The number of hydrogen-bond donors (Lipinski definition) is 1. The number of alkyl halides is 3. The number of aliphatic hydroxyl groups is 1. The van der Waals surface area contributed by atoms with E-state index in [1.807, 2.05) is 0 Å². The van der Waals surface area contributed by atoms with Gasteiger partial charge in [-0.2, -0.15) is 18.3 Å². The summed E-state index contributed by atoms with van der Waals surface area (Å²) in [6.07, 6.45) is -4.28. The standard InChI is InChI=1S/C10H15BrF3N3O/c1-7-9(11)8(16(2)15-7)5-17(3-4-18)6-10(12,13)14/h18H,3-6H2,1-2H3. The quantitative estimate of drug-likeness (QED) is 0.896. The van der Waals surface area contributed by atoms with Gasteiger partial charge in [-0.3, -0.25) is 9.58 Å². The van der Waals surface area contributed by atoms with Gasteiger partial charge in [0, 0.05) is 20.1 Å². The maximum Gasteiger partial charge on any atom is 0.401 e. The van der Waals surface area contributed by atoms with Crippen LogP contribution in [-0.4, -0.2) is 45.7 Å². The molecule has 1 aromatic rings. The monoisotopic (exact) mass is 329 g/mol. The van der Waals surface area contributed by atoms with E-state index >= 15 is 0 Å². The average molecular weight is 330 g/mol. The number of halogens is 4. The minimum atomic E-state index is -4.28. The first kappa shape index (κ1) is 15.5. The highest BCUT2D eigenvalue weighted by molar-refractivity contribution is 9.10. The van der Waals surface area contributed by atoms with Crippen molar-refractivity contribution in [3.8, 4) is 0 Å². The Bertz CT molecular complexity index is 406. The van der Waals surface area contributed by atoms with Crippen LogP contribution in [0.5, 0.6) is 0 Å². The molecule has 0 unspecified atom stereocenters. The molecule has 8 heteroatoms. The van der Waals surface area contributed by atoms with Gasteiger partial charge in [0.15, 0.2) is 0 Å². The van der Waals surface area contributed by atoms with Crippen molar-refractivity contribution in [2.75, 3.05) is 19.7 Å². The minimum absolute atomic E-state index is 0.0316. The second kappa shape index (κ2) is 6.03. The van der Waals surface area contributed by atoms with Crippen molar-refractivity contribution < 1.29 is 18.3 Å². The Balaban J connectivity index is 2.83. The van der Waals surface area contributed by atoms with E-state index in [4.69, 9.17) is 5.11 Å². The number of hydrogen-bond acceptors (Lipinski definition) is 3. The average Bonchev–Trinajstić information content (AvgIpc) is 2.43. The highest BCUT2D eigenvalue weighted by Crippen LogP contribution is 2.23. The van der Waals surface area contributed by atoms with Gasteiger partial charge < -0.3 is 5.11 Å². The molecule has 0 radical (unpaired) electrons. The molecule has 4 nitrogen and oxygen atoms in total. The molecule has 1 rings (SSSR count). The molecule has 0 bridgehead atoms. The van der Waals surface area contributed by atoms with Crippen LogP contribution in [0.4, 0.5) is 13.2 Å². The highest BCUT2D eigenvalue weighted by Gasteiger charge is 2.31. The summed E-state index contributed by atoms with van der Waals surface area (Å²) in [7, 11) is 1.68. The molecule has 0 saturated carbocycles. The van der Waals surface area contributed by atoms with Crippen molar-refractivity contribution in [2.45, 2.75) is 19.6 Å². The first-order valence-corrected chi connectivity index (χ1v) is 6.12. The second-order valence-corrected chi connectivity index (χ2v) is 4.81. The first-order chi connectivity index (χ1) is 8.24. The van der Waals surface area contributed by atoms with E-state index < -0.39 is 12.7 Å². The van der Waals surface area contributed by atoms with Gasteiger partial charge in [0.1, 0.15) is 0 Å². The molecule has 1 aromatic heterocycles. The SMILES string of the molecule is Cc1nn(C)c(CN(CCO)CC(F)(F)F)c1Br. The Morgan fingerprint density at radius 3 is 2.44 bits per heavy atom. The Hall–Kier alpha value is -0.600. The maximum atomic E-state index is 12.4. The smallest absolute Gasteiger partial charge is 0.395 e. The summed E-state index contributed by atoms with van der Waals surface area (Å²) in [4.78, 5) is 1.14. The Morgan fingerprint density at radius 1 is 1.44 bits per heavy atom. The third kappa shape index (κ3) is 4.25. The summed E-state index contributed by atoms with van der Waals surface area (Å²) in [5.74, 6) is 0. The summed E-state index contributed by atoms with van der Waals surface area (Å²) in [5.41, 5.74) is 1.38. The largest absolute Gasteiger partial charge is 0.401 e. The van der Waals surface area contributed by atoms with Crippen LogP contribution in [0.15, 0.2) is 4.47 Å². The third-order valence-corrected chi connectivity index (χ3v) is 3.49. The lowest BCUT2D eigenvalue weighted by atomic mass is 10.3. The van der Waals surface area contributed by atoms with Gasteiger partial charge in [-0.25, -0.2) is 0 Å². The maximum absolute atomic E-state index is 12.4. The molecule has 0 aromatic carbocycles. The van der Waals surface area contributed by atoms with Gasteiger partial charge in [-0.15, -0.1) is 0 Å². The lowest BCUT2D eigenvalue weighted by Crippen LogP contribution is -2.36. The molecule has 0 aliphatic rings. The molecule has 0 spiro atoms. The van der Waals surface area contributed by atoms with Crippen LogP contribution in [0.25, 0.3) is 0 Å². The molecule has 1 heterocycles. The van der Waals surface area contributed by atoms with Crippen molar-refractivity contribution in [3.63, 3.8) is 0 Å². The topological polar surface area (TPSA) is 41.3 Å². The van der Waals surface area contributed by atoms with Gasteiger partial charge >= 0.3 is 6.18 Å². The van der Waals surface area contributed by atoms with Gasteiger partial charge in [-0.1, -0.05) is 0 Å². The van der Waals surface area contributed by atoms with E-state index in [9.17, 15) is 13.2 Å². The van der Waals surface area contributed by atoms with E-state index in [1.54, 1.807) is 18.7 Å². The summed E-state index contributed by atoms with van der Waals surface area (Å²) < 4.78 is 39.4. The molecule has 0 atom stereocenters. The number of aryl methyl sites for hydroxylation is 2. The second-order valence-electron chi connectivity index (χ2n) is 4.02. The number of rotatable bonds is 5. The van der Waals surface area contributed by atoms with E-state index in [1.165, 1.54) is 0 Å². The fraction of sp³-hybridized carbons (Fsp3) is 0.700. The van der Waals surface area contributed by atoms with Crippen molar-refractivity contribution in [1.29, 1.82) is 0 Å². The fourth-order valence-corrected chi connectivity index (χ4v) is 2.13. The summed E-state index contributed by atoms with van der Waals surface area (Å²) in [5, 5.41) is 12.9. The van der Waals surface area contributed by atoms with Gasteiger partial charge in [0.2, 0.25) is 0 Å². The minimum Gasteiger partial charge on any atom is -0.395 e. The van der Waals surface area contributed by atoms with Gasteiger partial charge in [0.25, 0.3) is 0 Å². The molecule has 0 aliphatic carbocycles. The zero-order valence-electron chi connectivity index (χ0n) is 10.1. The van der Waals surface area contributed by atoms with Crippen molar-refractivity contribution in [2.24, 2.45) is 7.05 Å². The first-order valence-electron chi connectivity index (χ1n) is 5.32. The van der Waals surface area contributed by atoms with E-state index in [2.05, 4.69) is 21.0 Å². The lowest BCUT2D eigenvalue weighted by molar-refractivity contribution is -0.148. The number of aliphatic hydroxyl groups excluding tert-OH is 1. The van der Waals surface area contributed by atoms with Crippen LogP contribution in [0.2, 0.25) is 0 Å². The summed E-state index contributed by atoms with van der Waals surface area (Å²) in [6, 6.07) is 0. The normalized spacial score (nSPS) is 12.4. The molecule has 104 valence electrons. The molecular weight excluding hydrogens is 315 g/mol. The van der Waals surface area contributed by atoms with E-state index in [0.717, 1.165) is 10.6 Å². The summed E-state index contributed by atoms with van der Waals surface area (Å²) in [6.45, 7) is 0.455. The molecule has 0 fully saturated rings. The number of aromatic nitrogens is 2. The summed E-state index contributed by atoms with van der Waals surface area (Å²) >= 11 is 3.31. The van der Waals surface area contributed by atoms with Gasteiger partial charge in [-0.05, 0) is 22.9 Å². The van der Waals surface area contributed by atoms with Crippen LogP contribution in [0.3, 0.4) is 0 Å². The third-order valence-electron chi connectivity index (χ3n) is 2.45. The highest BCUT2D eigenvalue weighted by atomic mass is 79.9. The molecule has 0 aliphatic heterocycles. The lowest BCUT2D eigenvalue weighted by Gasteiger charge is -2.22. The van der Waals surface area contributed by atoms with Crippen LogP contribution < -0.4 is 0 Å². The number of nitrogens with zero attached hydrogens (tertiary/aromatic N) is 3. The van der Waals surface area contributed by atoms with Crippen LogP contribution in [0.1, 0.15) is 11.4 Å². The van der Waals surface area contributed by atoms with Crippen LogP contribution >= 0.6 is 15.9 Å². The Morgan fingerprint density at radius 2 is 2.06 bits per heavy atom. The molecular formula is C10H15BrF3N3O. The predicted molar refractivity (Wildman–Crippen MR) is 64.1 cm³/mol. The Labute approximate surface area is 112 Å². The van der Waals surface area contributed by atoms with Crippen molar-refractivity contribution in [1.82, 2.24) is 14.7 Å². The zero-order chi connectivity index (χ0) is 13.9. The molecule has 1 N–H and O–H groups in total. The van der Waals surface area contributed by atoms with Gasteiger partial charge in [0.05, 0.1) is 29.0 Å². The Kier molecular flexibility index (Phi) is 5.18. The van der Waals surface area contributed by atoms with Crippen molar-refractivity contribution >= 4 is 15.9 Å². The molecule has 18 heavy (non-hydrogen) atoms. The van der Waals surface area contributed by atoms with Crippen LogP contribution in [-0.2, 0) is 13.6 Å². The van der Waals surface area contributed by atoms with E-state index in [0.29, 0.717) is 10.2 Å². The predicted octanol–water partition coefficient (Wildman–Crippen LogP) is 1.85. The van der Waals surface area contributed by atoms with Crippen LogP contribution in [0, 0.1) is 6.92 Å². The fourth-order valence-electron chi connectivity index (χ4n) is 1.67. The van der Waals surface area contributed by atoms with E-state index in [-0.39, 0.29) is 19.7 Å². The molecule has 0 saturated heterocycles.